The van der Waals surface area contributed by atoms with E-state index in [2.05, 4.69) is 60.6 Å². The number of aliphatic hydroxyl groups is 2. The first-order chi connectivity index (χ1) is 14.8. The predicted molar refractivity (Wildman–Crippen MR) is 132 cm³/mol. The Morgan fingerprint density at radius 2 is 1.56 bits per heavy atom. The Bertz CT molecular complexity index is 868. The van der Waals surface area contributed by atoms with Crippen LogP contribution in [-0.2, 0) is 0 Å². The molecule has 32 heavy (non-hydrogen) atoms. The Hall–Kier alpha value is -0.600. The molecule has 8 atom stereocenters. The molecule has 2 heteroatoms. The minimum atomic E-state index is -0.167. The largest absolute Gasteiger partial charge is 0.396 e. The summed E-state index contributed by atoms with van der Waals surface area (Å²) in [6, 6.07) is 0. The van der Waals surface area contributed by atoms with Gasteiger partial charge in [0.2, 0.25) is 0 Å². The second kappa shape index (κ2) is 6.75. The zero-order chi connectivity index (χ0) is 23.4. The van der Waals surface area contributed by atoms with Crippen LogP contribution >= 0.6 is 0 Å². The van der Waals surface area contributed by atoms with Crippen molar-refractivity contribution in [3.63, 3.8) is 0 Å². The van der Waals surface area contributed by atoms with Crippen LogP contribution in [0.3, 0.4) is 0 Å². The number of hydrogen-bond acceptors (Lipinski definition) is 2. The van der Waals surface area contributed by atoms with Gasteiger partial charge in [-0.15, -0.1) is 0 Å². The van der Waals surface area contributed by atoms with Gasteiger partial charge in [-0.1, -0.05) is 66.2 Å². The maximum Gasteiger partial charge on any atom is 0.0594 e. The second-order valence-electron chi connectivity index (χ2n) is 14.7. The van der Waals surface area contributed by atoms with Gasteiger partial charge in [-0.25, -0.2) is 0 Å². The fourth-order valence-corrected chi connectivity index (χ4v) is 9.88. The predicted octanol–water partition coefficient (Wildman–Crippen LogP) is 7.06. The van der Waals surface area contributed by atoms with Crippen LogP contribution in [0.2, 0.25) is 0 Å². The van der Waals surface area contributed by atoms with E-state index in [1.54, 1.807) is 11.1 Å². The molecule has 0 bridgehead atoms. The van der Waals surface area contributed by atoms with Crippen molar-refractivity contribution in [3.8, 4) is 0 Å². The lowest BCUT2D eigenvalue weighted by atomic mass is 9.35. The summed E-state index contributed by atoms with van der Waals surface area (Å²) in [5.74, 6) is 1.16. The Labute approximate surface area is 197 Å². The topological polar surface area (TPSA) is 40.5 Å². The van der Waals surface area contributed by atoms with Gasteiger partial charge in [-0.2, -0.15) is 0 Å². The molecular formula is C30H48O2. The SMILES string of the molecule is CC1(CO)CC[C@]2(C)CC[C@]3(C)C(=C2C1)C=C[C@@H]1[C@@]2(C)CC[C@H](O)C(C)(C)C2CC[C@]13C. The molecule has 0 radical (unpaired) electrons. The highest BCUT2D eigenvalue weighted by molar-refractivity contribution is 5.45. The van der Waals surface area contributed by atoms with Crippen molar-refractivity contribution in [2.45, 2.75) is 112 Å². The third kappa shape index (κ3) is 2.72. The highest BCUT2D eigenvalue weighted by atomic mass is 16.3. The van der Waals surface area contributed by atoms with Crippen molar-refractivity contribution in [3.05, 3.63) is 23.3 Å². The third-order valence-corrected chi connectivity index (χ3v) is 12.7. The molecule has 0 aromatic carbocycles. The minimum absolute atomic E-state index is 0.000731. The van der Waals surface area contributed by atoms with Crippen LogP contribution < -0.4 is 0 Å². The highest BCUT2D eigenvalue weighted by Crippen LogP contribution is 2.74. The first-order valence-electron chi connectivity index (χ1n) is 13.5. The van der Waals surface area contributed by atoms with E-state index in [4.69, 9.17) is 0 Å². The van der Waals surface area contributed by atoms with Gasteiger partial charge in [0.1, 0.15) is 0 Å². The number of fused-ring (bicyclic) bond motifs is 6. The molecule has 2 N–H and O–H groups in total. The summed E-state index contributed by atoms with van der Waals surface area (Å²) in [4.78, 5) is 0. The zero-order valence-electron chi connectivity index (χ0n) is 21.9. The molecule has 0 heterocycles. The summed E-state index contributed by atoms with van der Waals surface area (Å²) < 4.78 is 0. The molecule has 5 aliphatic carbocycles. The molecular weight excluding hydrogens is 392 g/mol. The summed E-state index contributed by atoms with van der Waals surface area (Å²) in [6.45, 7) is 17.6. The molecule has 180 valence electrons. The number of aliphatic hydroxyl groups excluding tert-OH is 2. The maximum atomic E-state index is 10.9. The van der Waals surface area contributed by atoms with E-state index in [0.29, 0.717) is 23.9 Å². The molecule has 3 fully saturated rings. The van der Waals surface area contributed by atoms with Crippen LogP contribution in [-0.4, -0.2) is 22.9 Å². The summed E-state index contributed by atoms with van der Waals surface area (Å²) in [5.41, 5.74) is 4.41. The monoisotopic (exact) mass is 440 g/mol. The van der Waals surface area contributed by atoms with Crippen molar-refractivity contribution >= 4 is 0 Å². The van der Waals surface area contributed by atoms with E-state index >= 15 is 0 Å². The zero-order valence-corrected chi connectivity index (χ0v) is 21.9. The molecule has 5 rings (SSSR count). The normalized spacial score (nSPS) is 54.3. The van der Waals surface area contributed by atoms with E-state index < -0.39 is 0 Å². The molecule has 2 unspecified atom stereocenters. The fourth-order valence-electron chi connectivity index (χ4n) is 9.88. The van der Waals surface area contributed by atoms with Crippen molar-refractivity contribution in [1.82, 2.24) is 0 Å². The average Bonchev–Trinajstić information content (AvgIpc) is 2.73. The van der Waals surface area contributed by atoms with Crippen molar-refractivity contribution < 1.29 is 10.2 Å². The van der Waals surface area contributed by atoms with Crippen molar-refractivity contribution in [1.29, 1.82) is 0 Å². The van der Waals surface area contributed by atoms with E-state index in [9.17, 15) is 10.2 Å². The number of hydrogen-bond donors (Lipinski definition) is 2. The highest BCUT2D eigenvalue weighted by Gasteiger charge is 2.66. The van der Waals surface area contributed by atoms with E-state index in [1.807, 2.05) is 0 Å². The lowest BCUT2D eigenvalue weighted by Crippen LogP contribution is -2.63. The maximum absolute atomic E-state index is 10.9. The number of allylic oxidation sites excluding steroid dienone is 4. The first-order valence-corrected chi connectivity index (χ1v) is 13.5. The van der Waals surface area contributed by atoms with Gasteiger partial charge in [-0.3, -0.25) is 0 Å². The quantitative estimate of drug-likeness (QED) is 0.458. The van der Waals surface area contributed by atoms with Crippen LogP contribution in [0.4, 0.5) is 0 Å². The van der Waals surface area contributed by atoms with Crippen LogP contribution in [0.1, 0.15) is 106 Å². The van der Waals surface area contributed by atoms with Gasteiger partial charge < -0.3 is 10.2 Å². The summed E-state index contributed by atoms with van der Waals surface area (Å²) in [6.07, 6.45) is 15.6. The van der Waals surface area contributed by atoms with Gasteiger partial charge in [-0.05, 0) is 108 Å². The molecule has 0 amide bonds. The molecule has 2 nitrogen and oxygen atoms in total. The lowest BCUT2D eigenvalue weighted by Gasteiger charge is -2.69. The number of rotatable bonds is 1. The molecule has 5 aliphatic rings. The van der Waals surface area contributed by atoms with Crippen LogP contribution in [0.5, 0.6) is 0 Å². The summed E-state index contributed by atoms with van der Waals surface area (Å²) >= 11 is 0. The second-order valence-corrected chi connectivity index (χ2v) is 14.7. The summed E-state index contributed by atoms with van der Waals surface area (Å²) in [7, 11) is 0. The van der Waals surface area contributed by atoms with Gasteiger partial charge in [0.05, 0.1) is 6.10 Å². The summed E-state index contributed by atoms with van der Waals surface area (Å²) in [5, 5.41) is 21.1. The first kappa shape index (κ1) is 23.2. The van der Waals surface area contributed by atoms with Gasteiger partial charge in [0, 0.05) is 6.61 Å². The Morgan fingerprint density at radius 1 is 0.875 bits per heavy atom. The van der Waals surface area contributed by atoms with Crippen LogP contribution in [0.25, 0.3) is 0 Å². The Kier molecular flexibility index (Phi) is 4.88. The van der Waals surface area contributed by atoms with Gasteiger partial charge >= 0.3 is 0 Å². The van der Waals surface area contributed by atoms with Crippen molar-refractivity contribution in [2.75, 3.05) is 6.61 Å². The third-order valence-electron chi connectivity index (χ3n) is 12.7. The Morgan fingerprint density at radius 3 is 2.25 bits per heavy atom. The van der Waals surface area contributed by atoms with Gasteiger partial charge in [0.15, 0.2) is 0 Å². The fraction of sp³-hybridized carbons (Fsp3) is 0.867. The van der Waals surface area contributed by atoms with E-state index in [-0.39, 0.29) is 33.2 Å². The van der Waals surface area contributed by atoms with Crippen molar-refractivity contribution in [2.24, 2.45) is 44.3 Å². The smallest absolute Gasteiger partial charge is 0.0594 e. The molecule has 0 aliphatic heterocycles. The van der Waals surface area contributed by atoms with E-state index in [0.717, 1.165) is 25.7 Å². The average molecular weight is 441 g/mol. The molecule has 0 aromatic heterocycles. The van der Waals surface area contributed by atoms with E-state index in [1.165, 1.54) is 32.1 Å². The van der Waals surface area contributed by atoms with Gasteiger partial charge in [0.25, 0.3) is 0 Å². The minimum Gasteiger partial charge on any atom is -0.396 e. The van der Waals surface area contributed by atoms with Crippen LogP contribution in [0, 0.1) is 44.3 Å². The van der Waals surface area contributed by atoms with Crippen LogP contribution in [0.15, 0.2) is 23.3 Å². The lowest BCUT2D eigenvalue weighted by molar-refractivity contribution is -0.182. The molecule has 0 aromatic rings. The molecule has 0 saturated heterocycles. The standard InChI is InChI=1S/C30H48O2/c1-25(2)22-10-13-30(7)23(28(22,5)12-11-24(25)32)9-8-20-21-18-26(3,19-31)14-15-27(21,4)16-17-29(20,30)6/h8-9,22-24,31-32H,10-19H2,1-7H3/t22?,23-,24+,26?,27-,28+,29-,30-/m1/s1. The molecule has 3 saturated carbocycles. The Balaban J connectivity index is 1.64. The molecule has 0 spiro atoms.